The molecular weight excluding hydrogens is 330 g/mol. The van der Waals surface area contributed by atoms with Crippen molar-refractivity contribution in [1.82, 2.24) is 14.8 Å². The van der Waals surface area contributed by atoms with E-state index in [1.54, 1.807) is 0 Å². The van der Waals surface area contributed by atoms with Crippen molar-refractivity contribution in [3.8, 4) is 0 Å². The van der Waals surface area contributed by atoms with E-state index in [0.29, 0.717) is 5.92 Å². The predicted octanol–water partition coefficient (Wildman–Crippen LogP) is 4.47. The van der Waals surface area contributed by atoms with Crippen LogP contribution in [0.5, 0.6) is 0 Å². The van der Waals surface area contributed by atoms with Crippen molar-refractivity contribution in [2.75, 3.05) is 33.2 Å². The highest BCUT2D eigenvalue weighted by Crippen LogP contribution is 2.33. The molecule has 3 nitrogen and oxygen atoms in total. The van der Waals surface area contributed by atoms with E-state index < -0.39 is 0 Å². The molecule has 0 saturated carbocycles. The molecule has 1 aromatic carbocycles. The molecule has 2 aromatic rings. The first-order valence-corrected chi connectivity index (χ1v) is 10.7. The molecule has 3 heterocycles. The fraction of sp³-hybridized carbons (Fsp3) is 0.542. The van der Waals surface area contributed by atoms with Crippen LogP contribution in [-0.2, 0) is 13.0 Å². The Hall–Kier alpha value is -1.71. The van der Waals surface area contributed by atoms with Crippen LogP contribution in [0.3, 0.4) is 0 Å². The van der Waals surface area contributed by atoms with Gasteiger partial charge < -0.3 is 9.80 Å². The molecule has 1 atom stereocenters. The smallest absolute Gasteiger partial charge is 0.0306 e. The SMILES string of the molecule is CN1Cc2cc(CCCCN3CCCCC3)ccc2C(c2cccnc2)C1. The summed E-state index contributed by atoms with van der Waals surface area (Å²) < 4.78 is 0. The van der Waals surface area contributed by atoms with E-state index in [9.17, 15) is 0 Å². The third kappa shape index (κ3) is 4.77. The third-order valence-corrected chi connectivity index (χ3v) is 6.24. The summed E-state index contributed by atoms with van der Waals surface area (Å²) in [5.74, 6) is 0.445. The van der Waals surface area contributed by atoms with Gasteiger partial charge in [-0.25, -0.2) is 0 Å². The Kier molecular flexibility index (Phi) is 6.21. The standard InChI is InChI=1S/C24H33N3/c1-26-18-22-16-20(8-3-6-15-27-13-4-2-5-14-27)10-11-23(22)24(19-26)21-9-7-12-25-17-21/h7,9-12,16-17,24H,2-6,8,13-15,18-19H2,1H3. The summed E-state index contributed by atoms with van der Waals surface area (Å²) in [5.41, 5.74) is 5.84. The first-order chi connectivity index (χ1) is 13.3. The van der Waals surface area contributed by atoms with Crippen LogP contribution in [0.4, 0.5) is 0 Å². The van der Waals surface area contributed by atoms with E-state index >= 15 is 0 Å². The maximum absolute atomic E-state index is 4.34. The first-order valence-electron chi connectivity index (χ1n) is 10.7. The summed E-state index contributed by atoms with van der Waals surface area (Å²) in [7, 11) is 2.23. The molecule has 2 aliphatic heterocycles. The van der Waals surface area contributed by atoms with Crippen LogP contribution in [0.15, 0.2) is 42.7 Å². The monoisotopic (exact) mass is 363 g/mol. The lowest BCUT2D eigenvalue weighted by molar-refractivity contribution is 0.225. The van der Waals surface area contributed by atoms with Gasteiger partial charge in [0.1, 0.15) is 0 Å². The fourth-order valence-corrected chi connectivity index (χ4v) is 4.77. The van der Waals surface area contributed by atoms with Gasteiger partial charge >= 0.3 is 0 Å². The Bertz CT molecular complexity index is 722. The summed E-state index contributed by atoms with van der Waals surface area (Å²) in [6.07, 6.45) is 12.0. The number of nitrogens with zero attached hydrogens (tertiary/aromatic N) is 3. The zero-order chi connectivity index (χ0) is 18.5. The average molecular weight is 364 g/mol. The van der Waals surface area contributed by atoms with Gasteiger partial charge in [0.05, 0.1) is 0 Å². The highest BCUT2D eigenvalue weighted by molar-refractivity contribution is 5.41. The summed E-state index contributed by atoms with van der Waals surface area (Å²) >= 11 is 0. The fourth-order valence-electron chi connectivity index (χ4n) is 4.77. The molecule has 0 radical (unpaired) electrons. The number of hydrogen-bond acceptors (Lipinski definition) is 3. The van der Waals surface area contributed by atoms with Crippen molar-refractivity contribution in [2.24, 2.45) is 0 Å². The molecule has 0 N–H and O–H groups in total. The molecule has 0 amide bonds. The number of piperidine rings is 1. The van der Waals surface area contributed by atoms with Crippen LogP contribution in [0.1, 0.15) is 60.3 Å². The third-order valence-electron chi connectivity index (χ3n) is 6.24. The topological polar surface area (TPSA) is 19.4 Å². The lowest BCUT2D eigenvalue weighted by Gasteiger charge is -2.33. The van der Waals surface area contributed by atoms with Crippen molar-refractivity contribution in [3.63, 3.8) is 0 Å². The molecular formula is C24H33N3. The molecule has 1 aromatic heterocycles. The lowest BCUT2D eigenvalue weighted by atomic mass is 9.84. The van der Waals surface area contributed by atoms with Crippen LogP contribution < -0.4 is 0 Å². The number of benzene rings is 1. The molecule has 1 fully saturated rings. The van der Waals surface area contributed by atoms with Gasteiger partial charge in [-0.1, -0.05) is 30.7 Å². The van der Waals surface area contributed by atoms with Crippen LogP contribution in [0, 0.1) is 0 Å². The Morgan fingerprint density at radius 3 is 2.78 bits per heavy atom. The lowest BCUT2D eigenvalue weighted by Crippen LogP contribution is -2.31. The Labute approximate surface area is 164 Å². The summed E-state index contributed by atoms with van der Waals surface area (Å²) in [5, 5.41) is 0. The predicted molar refractivity (Wildman–Crippen MR) is 112 cm³/mol. The number of likely N-dealkylation sites (N-methyl/N-ethyl adjacent to an activating group) is 1. The largest absolute Gasteiger partial charge is 0.303 e. The van der Waals surface area contributed by atoms with Crippen molar-refractivity contribution in [1.29, 1.82) is 0 Å². The Morgan fingerprint density at radius 2 is 1.96 bits per heavy atom. The van der Waals surface area contributed by atoms with Gasteiger partial charge in [0.25, 0.3) is 0 Å². The highest BCUT2D eigenvalue weighted by atomic mass is 15.1. The van der Waals surface area contributed by atoms with Crippen molar-refractivity contribution < 1.29 is 0 Å². The van der Waals surface area contributed by atoms with Crippen LogP contribution in [0.2, 0.25) is 0 Å². The number of pyridine rings is 1. The van der Waals surface area contributed by atoms with Gasteiger partial charge in [0.15, 0.2) is 0 Å². The van der Waals surface area contributed by atoms with Gasteiger partial charge in [0, 0.05) is 31.4 Å². The average Bonchev–Trinajstić information content (AvgIpc) is 2.72. The van der Waals surface area contributed by atoms with Gasteiger partial charge in [-0.05, 0) is 87.1 Å². The van der Waals surface area contributed by atoms with Crippen molar-refractivity contribution in [2.45, 2.75) is 51.0 Å². The molecule has 4 rings (SSSR count). The van der Waals surface area contributed by atoms with E-state index in [1.807, 2.05) is 12.4 Å². The minimum atomic E-state index is 0.445. The normalized spacial score (nSPS) is 21.1. The molecule has 2 aliphatic rings. The van der Waals surface area contributed by atoms with Crippen LogP contribution in [0.25, 0.3) is 0 Å². The number of hydrogen-bond donors (Lipinski definition) is 0. The Balaban J connectivity index is 1.38. The van der Waals surface area contributed by atoms with E-state index in [4.69, 9.17) is 0 Å². The molecule has 27 heavy (non-hydrogen) atoms. The second-order valence-corrected chi connectivity index (χ2v) is 8.43. The maximum Gasteiger partial charge on any atom is 0.0306 e. The van der Waals surface area contributed by atoms with E-state index in [1.165, 1.54) is 80.4 Å². The van der Waals surface area contributed by atoms with E-state index in [0.717, 1.165) is 13.1 Å². The van der Waals surface area contributed by atoms with Crippen LogP contribution >= 0.6 is 0 Å². The molecule has 1 unspecified atom stereocenters. The zero-order valence-electron chi connectivity index (χ0n) is 16.7. The van der Waals surface area contributed by atoms with E-state index in [-0.39, 0.29) is 0 Å². The van der Waals surface area contributed by atoms with Gasteiger partial charge in [-0.15, -0.1) is 0 Å². The molecule has 1 saturated heterocycles. The second kappa shape index (κ2) is 8.99. The molecule has 0 bridgehead atoms. The minimum Gasteiger partial charge on any atom is -0.303 e. The summed E-state index contributed by atoms with van der Waals surface area (Å²) in [4.78, 5) is 9.44. The summed E-state index contributed by atoms with van der Waals surface area (Å²) in [6.45, 7) is 6.07. The quantitative estimate of drug-likeness (QED) is 0.706. The van der Waals surface area contributed by atoms with Crippen molar-refractivity contribution >= 4 is 0 Å². The number of unbranched alkanes of at least 4 members (excludes halogenated alkanes) is 1. The molecule has 3 heteroatoms. The van der Waals surface area contributed by atoms with Gasteiger partial charge in [-0.2, -0.15) is 0 Å². The van der Waals surface area contributed by atoms with Crippen LogP contribution in [-0.4, -0.2) is 48.0 Å². The molecule has 144 valence electrons. The summed E-state index contributed by atoms with van der Waals surface area (Å²) in [6, 6.07) is 11.5. The number of aromatic nitrogens is 1. The minimum absolute atomic E-state index is 0.445. The molecule has 0 aliphatic carbocycles. The zero-order valence-corrected chi connectivity index (χ0v) is 16.7. The first kappa shape index (κ1) is 18.6. The number of rotatable bonds is 6. The van der Waals surface area contributed by atoms with Gasteiger partial charge in [-0.3, -0.25) is 4.98 Å². The van der Waals surface area contributed by atoms with Crippen molar-refractivity contribution in [3.05, 3.63) is 65.0 Å². The number of likely N-dealkylation sites (tertiary alicyclic amines) is 1. The Morgan fingerprint density at radius 1 is 1.07 bits per heavy atom. The molecule has 0 spiro atoms. The second-order valence-electron chi connectivity index (χ2n) is 8.43. The number of aryl methyl sites for hydroxylation is 1. The number of fused-ring (bicyclic) bond motifs is 1. The maximum atomic E-state index is 4.34. The van der Waals surface area contributed by atoms with Gasteiger partial charge in [0.2, 0.25) is 0 Å². The van der Waals surface area contributed by atoms with E-state index in [2.05, 4.69) is 52.2 Å². The highest BCUT2D eigenvalue weighted by Gasteiger charge is 2.25.